The third kappa shape index (κ3) is 9.40. The van der Waals surface area contributed by atoms with Crippen molar-refractivity contribution in [3.8, 4) is 66.8 Å². The minimum absolute atomic E-state index is 0.676. The molecule has 0 saturated heterocycles. The predicted octanol–water partition coefficient (Wildman–Crippen LogP) is 20.0. The van der Waals surface area contributed by atoms with E-state index in [1.54, 1.807) is 0 Å². The van der Waals surface area contributed by atoms with Crippen LogP contribution in [0.5, 0.6) is 0 Å². The fourth-order valence-corrected chi connectivity index (χ4v) is 12.2. The molecular weight excluding hydrogens is 1010 g/mol. The molecule has 0 amide bonds. The molecule has 0 atom stereocenters. The summed E-state index contributed by atoms with van der Waals surface area (Å²) in [5.74, 6) is 0. The largest absolute Gasteiger partial charge is 0.456 e. The highest BCUT2D eigenvalue weighted by Gasteiger charge is 2.33. The summed E-state index contributed by atoms with van der Waals surface area (Å²) in [6, 6.07) is 114. The molecule has 0 spiro atoms. The Morgan fingerprint density at radius 3 is 1.30 bits per heavy atom. The number of furan rings is 1. The number of nitrogens with zero attached hydrogens (tertiary/aromatic N) is 2. The SMILES string of the molecule is B1c2cc(-c3ccccc3)ccc2N(c2ccc(-c3ccccc3)cc2)c2c1c(-c1cc(N(c3ccc(-c4ccccc4)cc3)c3ccc(-c4ccccc4)cc3)ccc1Nc1ccc(-c3ccccc3)cc1)cc1oc3ccccc3c21. The molecule has 1 aromatic heterocycles. The molecule has 2 heterocycles. The van der Waals surface area contributed by atoms with Crippen LogP contribution in [-0.2, 0) is 0 Å². The molecule has 0 fully saturated rings. The molecule has 15 rings (SSSR count). The molecule has 0 saturated carbocycles. The average molecular weight is 1060 g/mol. The van der Waals surface area contributed by atoms with Gasteiger partial charge in [0.15, 0.2) is 7.28 Å². The molecule has 1 aliphatic heterocycles. The van der Waals surface area contributed by atoms with Gasteiger partial charge in [-0.2, -0.15) is 0 Å². The number of para-hydroxylation sites is 1. The smallest absolute Gasteiger partial charge is 0.198 e. The third-order valence-corrected chi connectivity index (χ3v) is 16.3. The van der Waals surface area contributed by atoms with E-state index < -0.39 is 0 Å². The Balaban J connectivity index is 0.970. The molecule has 5 heteroatoms. The number of nitrogens with one attached hydrogen (secondary N) is 1. The molecular formula is C78H54BN3O. The molecule has 14 aromatic rings. The first kappa shape index (κ1) is 49.2. The summed E-state index contributed by atoms with van der Waals surface area (Å²) in [5.41, 5.74) is 26.3. The quantitative estimate of drug-likeness (QED) is 0.124. The number of hydrogen-bond donors (Lipinski definition) is 1. The topological polar surface area (TPSA) is 31.6 Å². The van der Waals surface area contributed by atoms with Gasteiger partial charge in [-0.05, 0) is 152 Å². The molecule has 83 heavy (non-hydrogen) atoms. The lowest BCUT2D eigenvalue weighted by molar-refractivity contribution is 0.669. The summed E-state index contributed by atoms with van der Waals surface area (Å²) >= 11 is 0. The van der Waals surface area contributed by atoms with Crippen LogP contribution < -0.4 is 26.0 Å². The Bertz CT molecular complexity index is 4530. The van der Waals surface area contributed by atoms with Gasteiger partial charge in [-0.25, -0.2) is 0 Å². The Kier molecular flexibility index (Phi) is 12.6. The lowest BCUT2D eigenvalue weighted by Crippen LogP contribution is -2.41. The van der Waals surface area contributed by atoms with Crippen molar-refractivity contribution in [2.45, 2.75) is 0 Å². The van der Waals surface area contributed by atoms with Crippen molar-refractivity contribution in [2.75, 3.05) is 15.1 Å². The molecule has 1 aliphatic rings. The highest BCUT2D eigenvalue weighted by atomic mass is 16.3. The maximum atomic E-state index is 7.07. The second-order valence-corrected chi connectivity index (χ2v) is 21.3. The van der Waals surface area contributed by atoms with Gasteiger partial charge in [0.05, 0.1) is 11.1 Å². The molecule has 4 nitrogen and oxygen atoms in total. The van der Waals surface area contributed by atoms with Crippen molar-refractivity contribution in [2.24, 2.45) is 0 Å². The number of hydrogen-bond acceptors (Lipinski definition) is 4. The van der Waals surface area contributed by atoms with Crippen LogP contribution in [0, 0.1) is 0 Å². The lowest BCUT2D eigenvalue weighted by atomic mass is 9.57. The maximum absolute atomic E-state index is 7.07. The van der Waals surface area contributed by atoms with E-state index in [4.69, 9.17) is 4.42 Å². The van der Waals surface area contributed by atoms with Crippen molar-refractivity contribution >= 4 is 85.6 Å². The number of rotatable bonds is 12. The molecule has 13 aromatic carbocycles. The van der Waals surface area contributed by atoms with Gasteiger partial charge in [0, 0.05) is 50.8 Å². The molecule has 0 unspecified atom stereocenters. The van der Waals surface area contributed by atoms with Crippen LogP contribution in [0.2, 0.25) is 0 Å². The summed E-state index contributed by atoms with van der Waals surface area (Å²) in [6.45, 7) is 0. The second-order valence-electron chi connectivity index (χ2n) is 21.3. The maximum Gasteiger partial charge on any atom is 0.198 e. The summed E-state index contributed by atoms with van der Waals surface area (Å²) in [7, 11) is 0.676. The van der Waals surface area contributed by atoms with Crippen LogP contribution in [0.25, 0.3) is 88.7 Å². The Morgan fingerprint density at radius 2 is 0.771 bits per heavy atom. The van der Waals surface area contributed by atoms with E-state index in [2.05, 4.69) is 331 Å². The van der Waals surface area contributed by atoms with E-state index in [0.717, 1.165) is 101 Å². The van der Waals surface area contributed by atoms with Crippen LogP contribution in [-0.4, -0.2) is 7.28 Å². The van der Waals surface area contributed by atoms with Gasteiger partial charge in [0.2, 0.25) is 0 Å². The lowest BCUT2D eigenvalue weighted by Gasteiger charge is -2.36. The molecule has 0 aliphatic carbocycles. The highest BCUT2D eigenvalue weighted by molar-refractivity contribution is 6.74. The average Bonchev–Trinajstić information content (AvgIpc) is 2.77. The normalized spacial score (nSPS) is 11.7. The Morgan fingerprint density at radius 1 is 0.337 bits per heavy atom. The fraction of sp³-hybridized carbons (Fsp3) is 0. The summed E-state index contributed by atoms with van der Waals surface area (Å²) < 4.78 is 7.07. The molecule has 0 radical (unpaired) electrons. The number of anilines is 8. The van der Waals surface area contributed by atoms with Gasteiger partial charge in [0.25, 0.3) is 0 Å². The van der Waals surface area contributed by atoms with E-state index in [9.17, 15) is 0 Å². The summed E-state index contributed by atoms with van der Waals surface area (Å²) in [5, 5.41) is 6.15. The first-order chi connectivity index (χ1) is 41.1. The minimum Gasteiger partial charge on any atom is -0.456 e. The summed E-state index contributed by atoms with van der Waals surface area (Å²) in [4.78, 5) is 4.89. The van der Waals surface area contributed by atoms with Gasteiger partial charge >= 0.3 is 0 Å². The number of fused-ring (bicyclic) bond motifs is 6. The van der Waals surface area contributed by atoms with Gasteiger partial charge in [-0.15, -0.1) is 0 Å². The van der Waals surface area contributed by atoms with E-state index in [1.807, 2.05) is 0 Å². The van der Waals surface area contributed by atoms with E-state index in [-0.39, 0.29) is 0 Å². The summed E-state index contributed by atoms with van der Waals surface area (Å²) in [6.07, 6.45) is 0. The van der Waals surface area contributed by atoms with Crippen LogP contribution in [0.15, 0.2) is 320 Å². The Labute approximate surface area is 484 Å². The van der Waals surface area contributed by atoms with Crippen LogP contribution >= 0.6 is 0 Å². The molecule has 0 bridgehead atoms. The van der Waals surface area contributed by atoms with Crippen LogP contribution in [0.4, 0.5) is 45.5 Å². The fourth-order valence-electron chi connectivity index (χ4n) is 12.2. The second kappa shape index (κ2) is 21.3. The standard InChI is InChI=1S/C78H54BN3O/c1-6-18-53(19-7-1)58-30-39-63(40-31-58)80-72-48-47-67(81(64-41-32-59(33-42-64)54-20-8-2-9-21-54)65-43-34-60(35-44-65)55-22-10-3-11-23-55)51-69(72)70-52-75-76(68-28-16-17-29-74(68)83-75)78-77(70)79-71-50-62(57-26-14-5-15-27-57)38-49-73(71)82(78)66-45-36-61(37-46-66)56-24-12-4-13-25-56/h1-52,79-80H. The van der Waals surface area contributed by atoms with Gasteiger partial charge < -0.3 is 19.5 Å². The first-order valence-electron chi connectivity index (χ1n) is 28.4. The van der Waals surface area contributed by atoms with Gasteiger partial charge in [0.1, 0.15) is 11.2 Å². The minimum atomic E-state index is 0.676. The van der Waals surface area contributed by atoms with E-state index in [1.165, 1.54) is 44.3 Å². The zero-order valence-electron chi connectivity index (χ0n) is 45.5. The van der Waals surface area contributed by atoms with Crippen LogP contribution in [0.1, 0.15) is 0 Å². The van der Waals surface area contributed by atoms with Crippen molar-refractivity contribution in [1.29, 1.82) is 0 Å². The monoisotopic (exact) mass is 1060 g/mol. The predicted molar refractivity (Wildman–Crippen MR) is 352 cm³/mol. The Hall–Kier alpha value is -10.9. The number of benzene rings is 13. The van der Waals surface area contributed by atoms with Crippen LogP contribution in [0.3, 0.4) is 0 Å². The van der Waals surface area contributed by atoms with Crippen molar-refractivity contribution < 1.29 is 4.42 Å². The zero-order chi connectivity index (χ0) is 55.1. The molecule has 390 valence electrons. The van der Waals surface area contributed by atoms with Gasteiger partial charge in [-0.1, -0.05) is 236 Å². The first-order valence-corrected chi connectivity index (χ1v) is 28.4. The third-order valence-electron chi connectivity index (χ3n) is 16.3. The van der Waals surface area contributed by atoms with Crippen molar-refractivity contribution in [1.82, 2.24) is 0 Å². The van der Waals surface area contributed by atoms with Crippen molar-refractivity contribution in [3.63, 3.8) is 0 Å². The van der Waals surface area contributed by atoms with E-state index >= 15 is 0 Å². The highest BCUT2D eigenvalue weighted by Crippen LogP contribution is 2.48. The van der Waals surface area contributed by atoms with Crippen molar-refractivity contribution in [3.05, 3.63) is 315 Å². The van der Waals surface area contributed by atoms with Gasteiger partial charge in [-0.3, -0.25) is 0 Å². The van der Waals surface area contributed by atoms with E-state index in [0.29, 0.717) is 7.28 Å². The zero-order valence-corrected chi connectivity index (χ0v) is 45.5. The molecule has 1 N–H and O–H groups in total.